The third-order valence-electron chi connectivity index (χ3n) is 4.38. The fourth-order valence-electron chi connectivity index (χ4n) is 3.08. The maximum absolute atomic E-state index is 12.5. The van der Waals surface area contributed by atoms with Crippen LogP contribution in [-0.4, -0.2) is 50.7 Å². The first-order chi connectivity index (χ1) is 13.1. The molecular weight excluding hydrogens is 346 g/mol. The largest absolute Gasteiger partial charge is 0.481 e. The number of carboxylic acids is 1. The minimum absolute atomic E-state index is 0.0149. The van der Waals surface area contributed by atoms with Crippen molar-refractivity contribution in [1.82, 2.24) is 14.9 Å². The van der Waals surface area contributed by atoms with Crippen molar-refractivity contribution < 1.29 is 14.7 Å². The zero-order chi connectivity index (χ0) is 18.8. The molecule has 0 atom stereocenters. The van der Waals surface area contributed by atoms with Crippen molar-refractivity contribution in [2.75, 3.05) is 18.4 Å². The van der Waals surface area contributed by atoms with Gasteiger partial charge in [-0.25, -0.2) is 4.98 Å². The van der Waals surface area contributed by atoms with Gasteiger partial charge in [0, 0.05) is 42.7 Å². The Morgan fingerprint density at radius 3 is 2.96 bits per heavy atom. The van der Waals surface area contributed by atoms with Crippen molar-refractivity contribution in [2.24, 2.45) is 4.99 Å². The van der Waals surface area contributed by atoms with Gasteiger partial charge >= 0.3 is 5.97 Å². The summed E-state index contributed by atoms with van der Waals surface area (Å²) in [6.45, 7) is 1.31. The molecule has 0 radical (unpaired) electrons. The Labute approximate surface area is 155 Å². The number of ketones is 1. The Morgan fingerprint density at radius 2 is 2.19 bits per heavy atom. The van der Waals surface area contributed by atoms with Crippen LogP contribution in [0.1, 0.15) is 28.0 Å². The van der Waals surface area contributed by atoms with E-state index in [1.54, 1.807) is 18.3 Å². The number of nitrogens with zero attached hydrogens (tertiary/aromatic N) is 4. The van der Waals surface area contributed by atoms with Crippen molar-refractivity contribution >= 4 is 23.4 Å². The highest BCUT2D eigenvalue weighted by atomic mass is 16.4. The van der Waals surface area contributed by atoms with E-state index in [1.807, 2.05) is 17.0 Å². The SMILES string of the molecule is O=C(O)CCc1ccc2c(n1)N/C(=C\C(=O)c1cccnc1)N1CCN=C21. The number of aryl methyl sites for hydroxylation is 1. The molecule has 0 aromatic carbocycles. The second kappa shape index (κ2) is 6.99. The summed E-state index contributed by atoms with van der Waals surface area (Å²) in [6.07, 6.45) is 5.02. The van der Waals surface area contributed by atoms with E-state index >= 15 is 0 Å². The minimum Gasteiger partial charge on any atom is -0.481 e. The first-order valence-corrected chi connectivity index (χ1v) is 8.59. The van der Waals surface area contributed by atoms with Crippen LogP contribution in [0.15, 0.2) is 53.5 Å². The molecule has 2 aromatic rings. The van der Waals surface area contributed by atoms with Crippen LogP contribution in [0.4, 0.5) is 5.82 Å². The summed E-state index contributed by atoms with van der Waals surface area (Å²) in [5, 5.41) is 12.1. The summed E-state index contributed by atoms with van der Waals surface area (Å²) in [7, 11) is 0. The van der Waals surface area contributed by atoms with Crippen LogP contribution in [0.5, 0.6) is 0 Å². The van der Waals surface area contributed by atoms with E-state index in [9.17, 15) is 9.59 Å². The number of hydrogen-bond donors (Lipinski definition) is 2. The number of aliphatic carboxylic acids is 1. The number of aromatic nitrogens is 2. The molecule has 2 aromatic heterocycles. The third kappa shape index (κ3) is 3.41. The first-order valence-electron chi connectivity index (χ1n) is 8.59. The zero-order valence-electron chi connectivity index (χ0n) is 14.4. The summed E-state index contributed by atoms with van der Waals surface area (Å²) in [5.74, 6) is 0.931. The lowest BCUT2D eigenvalue weighted by Gasteiger charge is -2.30. The molecular formula is C19H17N5O3. The van der Waals surface area contributed by atoms with Gasteiger partial charge in [-0.05, 0) is 24.3 Å². The van der Waals surface area contributed by atoms with Crippen LogP contribution in [0, 0.1) is 0 Å². The minimum atomic E-state index is -0.864. The van der Waals surface area contributed by atoms with Crippen LogP contribution in [0.25, 0.3) is 0 Å². The Bertz CT molecular complexity index is 969. The molecule has 136 valence electrons. The molecule has 0 saturated heterocycles. The molecule has 0 amide bonds. The lowest BCUT2D eigenvalue weighted by atomic mass is 10.1. The van der Waals surface area contributed by atoms with Gasteiger partial charge in [-0.3, -0.25) is 19.6 Å². The number of aliphatic imine (C=N–C) groups is 1. The maximum atomic E-state index is 12.5. The van der Waals surface area contributed by atoms with Crippen molar-refractivity contribution in [3.05, 3.63) is 65.4 Å². The standard InChI is InChI=1S/C19H17N5O3/c25-15(12-2-1-7-20-11-12)10-16-23-18-14(19-21-8-9-24(16)19)5-3-13(22-18)4-6-17(26)27/h1-3,5,7,10-11H,4,6,8-9H2,(H,22,23)(H,26,27)/b16-10+. The summed E-state index contributed by atoms with van der Waals surface area (Å²) in [4.78, 5) is 38.3. The van der Waals surface area contributed by atoms with Crippen LogP contribution in [0.2, 0.25) is 0 Å². The second-order valence-electron chi connectivity index (χ2n) is 6.21. The van der Waals surface area contributed by atoms with Gasteiger partial charge in [-0.2, -0.15) is 0 Å². The van der Waals surface area contributed by atoms with Gasteiger partial charge in [0.15, 0.2) is 5.78 Å². The van der Waals surface area contributed by atoms with E-state index in [4.69, 9.17) is 5.11 Å². The van der Waals surface area contributed by atoms with Crippen molar-refractivity contribution in [3.63, 3.8) is 0 Å². The molecule has 2 aliphatic heterocycles. The van der Waals surface area contributed by atoms with Crippen LogP contribution >= 0.6 is 0 Å². The number of carboxylic acid groups (broad SMARTS) is 1. The third-order valence-corrected chi connectivity index (χ3v) is 4.38. The van der Waals surface area contributed by atoms with Crippen LogP contribution < -0.4 is 5.32 Å². The molecule has 4 rings (SSSR count). The van der Waals surface area contributed by atoms with E-state index in [-0.39, 0.29) is 12.2 Å². The fraction of sp³-hybridized carbons (Fsp3) is 0.211. The monoisotopic (exact) mass is 363 g/mol. The second-order valence-corrected chi connectivity index (χ2v) is 6.21. The van der Waals surface area contributed by atoms with Gasteiger partial charge < -0.3 is 15.3 Å². The number of amidine groups is 1. The number of pyridine rings is 2. The quantitative estimate of drug-likeness (QED) is 0.615. The summed E-state index contributed by atoms with van der Waals surface area (Å²) < 4.78 is 0. The van der Waals surface area contributed by atoms with Gasteiger partial charge in [-0.15, -0.1) is 0 Å². The molecule has 0 spiro atoms. The number of rotatable bonds is 5. The lowest BCUT2D eigenvalue weighted by molar-refractivity contribution is -0.136. The van der Waals surface area contributed by atoms with Gasteiger partial charge in [-0.1, -0.05) is 0 Å². The Kier molecular flexibility index (Phi) is 4.37. The topological polar surface area (TPSA) is 108 Å². The molecule has 2 aliphatic rings. The fourth-order valence-corrected chi connectivity index (χ4v) is 3.08. The molecule has 8 heteroatoms. The van der Waals surface area contributed by atoms with Crippen LogP contribution in [-0.2, 0) is 11.2 Å². The van der Waals surface area contributed by atoms with Gasteiger partial charge in [0.1, 0.15) is 17.5 Å². The highest BCUT2D eigenvalue weighted by molar-refractivity contribution is 6.09. The van der Waals surface area contributed by atoms with Crippen LogP contribution in [0.3, 0.4) is 0 Å². The highest BCUT2D eigenvalue weighted by Gasteiger charge is 2.30. The summed E-state index contributed by atoms with van der Waals surface area (Å²) in [6, 6.07) is 7.14. The molecule has 0 fully saturated rings. The number of allylic oxidation sites excluding steroid dienone is 1. The van der Waals surface area contributed by atoms with E-state index in [2.05, 4.69) is 20.3 Å². The van der Waals surface area contributed by atoms with E-state index in [0.717, 1.165) is 11.4 Å². The number of hydrogen-bond acceptors (Lipinski definition) is 7. The predicted octanol–water partition coefficient (Wildman–Crippen LogP) is 1.71. The lowest BCUT2D eigenvalue weighted by Crippen LogP contribution is -2.37. The van der Waals surface area contributed by atoms with Gasteiger partial charge in [0.25, 0.3) is 0 Å². The molecule has 8 nitrogen and oxygen atoms in total. The Hall–Kier alpha value is -3.55. The molecule has 0 aliphatic carbocycles. The van der Waals surface area contributed by atoms with Crippen molar-refractivity contribution in [3.8, 4) is 0 Å². The van der Waals surface area contributed by atoms with E-state index < -0.39 is 5.97 Å². The molecule has 27 heavy (non-hydrogen) atoms. The van der Waals surface area contributed by atoms with E-state index in [1.165, 1.54) is 12.3 Å². The molecule has 0 unspecified atom stereocenters. The average molecular weight is 363 g/mol. The molecule has 0 bridgehead atoms. The maximum Gasteiger partial charge on any atom is 0.303 e. The zero-order valence-corrected chi connectivity index (χ0v) is 14.4. The van der Waals surface area contributed by atoms with Crippen molar-refractivity contribution in [1.29, 1.82) is 0 Å². The Morgan fingerprint density at radius 1 is 1.30 bits per heavy atom. The Balaban J connectivity index is 1.66. The number of carbonyl (C=O) groups excluding carboxylic acids is 1. The molecule has 4 heterocycles. The van der Waals surface area contributed by atoms with Gasteiger partial charge in [0.05, 0.1) is 18.5 Å². The molecule has 2 N–H and O–H groups in total. The highest BCUT2D eigenvalue weighted by Crippen LogP contribution is 2.29. The predicted molar refractivity (Wildman–Crippen MR) is 98.6 cm³/mol. The number of anilines is 1. The van der Waals surface area contributed by atoms with Crippen molar-refractivity contribution in [2.45, 2.75) is 12.8 Å². The normalized spacial score (nSPS) is 16.4. The smallest absolute Gasteiger partial charge is 0.303 e. The number of carbonyl (C=O) groups is 2. The van der Waals surface area contributed by atoms with E-state index in [0.29, 0.717) is 42.4 Å². The average Bonchev–Trinajstić information content (AvgIpc) is 3.17. The first kappa shape index (κ1) is 16.9. The molecule has 0 saturated carbocycles. The number of fused-ring (bicyclic) bond motifs is 3. The number of nitrogens with one attached hydrogen (secondary N) is 1. The summed E-state index contributed by atoms with van der Waals surface area (Å²) in [5.41, 5.74) is 2.02. The van der Waals surface area contributed by atoms with Gasteiger partial charge in [0.2, 0.25) is 0 Å². The summed E-state index contributed by atoms with van der Waals surface area (Å²) >= 11 is 0.